The highest BCUT2D eigenvalue weighted by molar-refractivity contribution is 6.28. The number of aromatic nitrogens is 3. The topological polar surface area (TPSA) is 77.2 Å². The molecule has 1 atom stereocenters. The van der Waals surface area contributed by atoms with Crippen molar-refractivity contribution in [3.63, 3.8) is 0 Å². The first-order chi connectivity index (χ1) is 8.72. The molecule has 0 radical (unpaired) electrons. The number of hydrogen-bond acceptors (Lipinski definition) is 6. The van der Waals surface area contributed by atoms with Crippen molar-refractivity contribution >= 4 is 17.5 Å². The summed E-state index contributed by atoms with van der Waals surface area (Å²) in [6.07, 6.45) is 3.37. The van der Waals surface area contributed by atoms with Crippen molar-refractivity contribution in [2.75, 3.05) is 31.6 Å². The minimum atomic E-state index is 0.165. The van der Waals surface area contributed by atoms with Crippen LogP contribution < -0.4 is 15.4 Å². The van der Waals surface area contributed by atoms with Crippen LogP contribution in [0, 0.1) is 5.92 Å². The molecule has 6 nitrogen and oxygen atoms in total. The van der Waals surface area contributed by atoms with E-state index in [1.807, 2.05) is 0 Å². The molecule has 2 N–H and O–H groups in total. The Morgan fingerprint density at radius 3 is 3.00 bits per heavy atom. The summed E-state index contributed by atoms with van der Waals surface area (Å²) >= 11 is 5.86. The monoisotopic (exact) mass is 271 g/mol. The number of nitrogens with zero attached hydrogens (tertiary/aromatic N) is 4. The molecule has 0 aromatic carbocycles. The zero-order valence-electron chi connectivity index (χ0n) is 10.5. The average molecular weight is 272 g/mol. The van der Waals surface area contributed by atoms with Gasteiger partial charge in [0, 0.05) is 13.1 Å². The van der Waals surface area contributed by atoms with Gasteiger partial charge in [0.1, 0.15) is 0 Å². The fourth-order valence-electron chi connectivity index (χ4n) is 2.27. The molecule has 0 saturated carbocycles. The van der Waals surface area contributed by atoms with E-state index in [1.54, 1.807) is 0 Å². The standard InChI is InChI=1S/C11H18ClN5O/c1-18-11-15-9(12)14-10(16-11)17-6-2-3-8(7-17)4-5-13/h8H,2-7,13H2,1H3. The molecule has 1 aliphatic heterocycles. The highest BCUT2D eigenvalue weighted by Crippen LogP contribution is 2.23. The maximum atomic E-state index is 5.86. The molecule has 0 spiro atoms. The van der Waals surface area contributed by atoms with Gasteiger partial charge < -0.3 is 15.4 Å². The molecule has 7 heteroatoms. The van der Waals surface area contributed by atoms with Gasteiger partial charge in [-0.25, -0.2) is 0 Å². The molecule has 100 valence electrons. The van der Waals surface area contributed by atoms with E-state index < -0.39 is 0 Å². The zero-order chi connectivity index (χ0) is 13.0. The van der Waals surface area contributed by atoms with Crippen LogP contribution in [-0.2, 0) is 0 Å². The van der Waals surface area contributed by atoms with E-state index in [0.29, 0.717) is 11.9 Å². The molecule has 1 aromatic rings. The van der Waals surface area contributed by atoms with Gasteiger partial charge in [-0.2, -0.15) is 15.0 Å². The number of piperidine rings is 1. The molecule has 0 bridgehead atoms. The van der Waals surface area contributed by atoms with Gasteiger partial charge in [0.2, 0.25) is 11.2 Å². The first-order valence-corrected chi connectivity index (χ1v) is 6.51. The highest BCUT2D eigenvalue weighted by Gasteiger charge is 2.22. The van der Waals surface area contributed by atoms with Crippen LogP contribution in [0.2, 0.25) is 5.28 Å². The van der Waals surface area contributed by atoms with E-state index in [2.05, 4.69) is 19.9 Å². The van der Waals surface area contributed by atoms with Crippen LogP contribution in [-0.4, -0.2) is 41.7 Å². The smallest absolute Gasteiger partial charge is 0.322 e. The minimum Gasteiger partial charge on any atom is -0.467 e. The third kappa shape index (κ3) is 3.20. The van der Waals surface area contributed by atoms with Crippen molar-refractivity contribution in [3.05, 3.63) is 5.28 Å². The molecule has 1 fully saturated rings. The van der Waals surface area contributed by atoms with Crippen molar-refractivity contribution in [2.24, 2.45) is 11.7 Å². The number of anilines is 1. The van der Waals surface area contributed by atoms with Crippen LogP contribution in [0.5, 0.6) is 6.01 Å². The SMILES string of the molecule is COc1nc(Cl)nc(N2CCCC(CCN)C2)n1. The Bertz CT molecular complexity index is 401. The van der Waals surface area contributed by atoms with Gasteiger partial charge >= 0.3 is 6.01 Å². The second-order valence-electron chi connectivity index (χ2n) is 4.42. The Labute approximate surface area is 112 Å². The number of ether oxygens (including phenoxy) is 1. The molecule has 2 rings (SSSR count). The van der Waals surface area contributed by atoms with Crippen LogP contribution in [0.25, 0.3) is 0 Å². The normalized spacial score (nSPS) is 19.9. The first kappa shape index (κ1) is 13.3. The lowest BCUT2D eigenvalue weighted by Gasteiger charge is -2.32. The van der Waals surface area contributed by atoms with Gasteiger partial charge in [-0.1, -0.05) is 0 Å². The predicted molar refractivity (Wildman–Crippen MR) is 70.0 cm³/mol. The van der Waals surface area contributed by atoms with Gasteiger partial charge in [-0.3, -0.25) is 0 Å². The van der Waals surface area contributed by atoms with Crippen molar-refractivity contribution in [1.82, 2.24) is 15.0 Å². The third-order valence-electron chi connectivity index (χ3n) is 3.14. The lowest BCUT2D eigenvalue weighted by Crippen LogP contribution is -2.37. The van der Waals surface area contributed by atoms with Crippen molar-refractivity contribution < 1.29 is 4.74 Å². The lowest BCUT2D eigenvalue weighted by atomic mass is 9.95. The second kappa shape index (κ2) is 6.15. The van der Waals surface area contributed by atoms with Crippen LogP contribution in [0.15, 0.2) is 0 Å². The number of hydrogen-bond donors (Lipinski definition) is 1. The largest absolute Gasteiger partial charge is 0.467 e. The Balaban J connectivity index is 2.12. The first-order valence-electron chi connectivity index (χ1n) is 6.13. The van der Waals surface area contributed by atoms with Crippen LogP contribution in [0.3, 0.4) is 0 Å². The van der Waals surface area contributed by atoms with E-state index in [1.165, 1.54) is 13.5 Å². The maximum Gasteiger partial charge on any atom is 0.322 e. The van der Waals surface area contributed by atoms with E-state index in [9.17, 15) is 0 Å². The van der Waals surface area contributed by atoms with E-state index in [0.717, 1.165) is 32.5 Å². The molecule has 1 aliphatic rings. The number of nitrogens with two attached hydrogens (primary N) is 1. The molecule has 2 heterocycles. The Hall–Kier alpha value is -1.14. The highest BCUT2D eigenvalue weighted by atomic mass is 35.5. The van der Waals surface area contributed by atoms with Gasteiger partial charge in [0.05, 0.1) is 7.11 Å². The molecular weight excluding hydrogens is 254 g/mol. The average Bonchev–Trinajstić information content (AvgIpc) is 2.39. The number of halogens is 1. The maximum absolute atomic E-state index is 5.86. The Morgan fingerprint density at radius 2 is 2.28 bits per heavy atom. The van der Waals surface area contributed by atoms with Crippen molar-refractivity contribution in [3.8, 4) is 6.01 Å². The molecule has 1 unspecified atom stereocenters. The lowest BCUT2D eigenvalue weighted by molar-refractivity contribution is 0.370. The number of rotatable bonds is 4. The van der Waals surface area contributed by atoms with Gasteiger partial charge in [0.15, 0.2) is 0 Å². The zero-order valence-corrected chi connectivity index (χ0v) is 11.2. The van der Waals surface area contributed by atoms with E-state index in [4.69, 9.17) is 22.1 Å². The van der Waals surface area contributed by atoms with Gasteiger partial charge in [-0.15, -0.1) is 0 Å². The molecule has 0 aliphatic carbocycles. The second-order valence-corrected chi connectivity index (χ2v) is 4.76. The van der Waals surface area contributed by atoms with E-state index >= 15 is 0 Å². The summed E-state index contributed by atoms with van der Waals surface area (Å²) in [6, 6.07) is 0.256. The van der Waals surface area contributed by atoms with Crippen LogP contribution >= 0.6 is 11.6 Å². The molecule has 18 heavy (non-hydrogen) atoms. The van der Waals surface area contributed by atoms with Crippen LogP contribution in [0.1, 0.15) is 19.3 Å². The molecule has 1 saturated heterocycles. The molecule has 0 amide bonds. The Kier molecular flexibility index (Phi) is 4.54. The minimum absolute atomic E-state index is 0.165. The van der Waals surface area contributed by atoms with Crippen molar-refractivity contribution in [2.45, 2.75) is 19.3 Å². The van der Waals surface area contributed by atoms with Crippen LogP contribution in [0.4, 0.5) is 5.95 Å². The third-order valence-corrected chi connectivity index (χ3v) is 3.30. The summed E-state index contributed by atoms with van der Waals surface area (Å²) in [6.45, 7) is 2.57. The fraction of sp³-hybridized carbons (Fsp3) is 0.727. The van der Waals surface area contributed by atoms with Crippen molar-refractivity contribution in [1.29, 1.82) is 0 Å². The summed E-state index contributed by atoms with van der Waals surface area (Å²) in [5, 5.41) is 0.165. The quantitative estimate of drug-likeness (QED) is 0.884. The van der Waals surface area contributed by atoms with Gasteiger partial charge in [0.25, 0.3) is 0 Å². The van der Waals surface area contributed by atoms with Gasteiger partial charge in [-0.05, 0) is 43.3 Å². The molecular formula is C11H18ClN5O. The summed E-state index contributed by atoms with van der Waals surface area (Å²) < 4.78 is 5.01. The van der Waals surface area contributed by atoms with E-state index in [-0.39, 0.29) is 11.3 Å². The fourth-order valence-corrected chi connectivity index (χ4v) is 2.42. The summed E-state index contributed by atoms with van der Waals surface area (Å²) in [5.41, 5.74) is 5.61. The Morgan fingerprint density at radius 1 is 1.44 bits per heavy atom. The molecule has 1 aromatic heterocycles. The summed E-state index contributed by atoms with van der Waals surface area (Å²) in [4.78, 5) is 14.4. The predicted octanol–water partition coefficient (Wildman–Crippen LogP) is 1.10. The summed E-state index contributed by atoms with van der Waals surface area (Å²) in [7, 11) is 1.52. The number of methoxy groups -OCH3 is 1. The summed E-state index contributed by atoms with van der Waals surface area (Å²) in [5.74, 6) is 1.19.